The summed E-state index contributed by atoms with van der Waals surface area (Å²) in [6.07, 6.45) is 0.834. The first-order chi connectivity index (χ1) is 15.3. The van der Waals surface area contributed by atoms with Crippen LogP contribution in [0.4, 0.5) is 19.3 Å². The smallest absolute Gasteiger partial charge is 0.319 e. The molecule has 1 aromatic heterocycles. The van der Waals surface area contributed by atoms with Crippen LogP contribution < -0.4 is 16.2 Å². The lowest BCUT2D eigenvalue weighted by atomic mass is 10.1. The van der Waals surface area contributed by atoms with E-state index in [-0.39, 0.29) is 41.8 Å². The molecule has 176 valence electrons. The van der Waals surface area contributed by atoms with E-state index in [4.69, 9.17) is 0 Å². The standard InChI is InChI=1S/C23H25F2N5O2.ClH/c1-29(2)10-4-9-26-23(32)27-20-6-3-5-16(11-20)15-30-22(31)8-7-21(28-30)17-12-18(24)14-19(25)13-17;/h3,5-8,11-14H,4,9-10,15H2,1-2H3,(H2,26,27,32);1H. The van der Waals surface area contributed by atoms with Gasteiger partial charge in [-0.2, -0.15) is 5.10 Å². The zero-order valence-corrected chi connectivity index (χ0v) is 19.2. The van der Waals surface area contributed by atoms with E-state index in [0.717, 1.165) is 36.7 Å². The van der Waals surface area contributed by atoms with E-state index in [1.807, 2.05) is 19.0 Å². The average molecular weight is 478 g/mol. The minimum absolute atomic E-state index is 0. The highest BCUT2D eigenvalue weighted by Crippen LogP contribution is 2.19. The molecule has 0 unspecified atom stereocenters. The molecule has 33 heavy (non-hydrogen) atoms. The minimum atomic E-state index is -0.724. The van der Waals surface area contributed by atoms with Crippen molar-refractivity contribution in [2.45, 2.75) is 13.0 Å². The molecular formula is C23H26ClF2N5O2. The van der Waals surface area contributed by atoms with Gasteiger partial charge < -0.3 is 15.5 Å². The number of carbonyl (C=O) groups is 1. The Balaban J connectivity index is 0.00000385. The largest absolute Gasteiger partial charge is 0.338 e. The fourth-order valence-electron chi connectivity index (χ4n) is 3.11. The maximum atomic E-state index is 13.5. The second-order valence-electron chi connectivity index (χ2n) is 7.61. The van der Waals surface area contributed by atoms with Gasteiger partial charge in [-0.25, -0.2) is 18.3 Å². The van der Waals surface area contributed by atoms with E-state index in [1.165, 1.54) is 16.8 Å². The summed E-state index contributed by atoms with van der Waals surface area (Å²) in [7, 11) is 3.94. The van der Waals surface area contributed by atoms with Gasteiger partial charge in [0.05, 0.1) is 12.2 Å². The van der Waals surface area contributed by atoms with Crippen molar-refractivity contribution >= 4 is 24.1 Å². The van der Waals surface area contributed by atoms with Gasteiger partial charge in [0.15, 0.2) is 0 Å². The molecule has 2 aromatic carbocycles. The quantitative estimate of drug-likeness (QED) is 0.484. The van der Waals surface area contributed by atoms with Crippen molar-refractivity contribution in [2.24, 2.45) is 0 Å². The van der Waals surface area contributed by atoms with Crippen LogP contribution >= 0.6 is 12.4 Å². The molecule has 0 saturated heterocycles. The summed E-state index contributed by atoms with van der Waals surface area (Å²) < 4.78 is 28.3. The zero-order valence-electron chi connectivity index (χ0n) is 18.3. The molecule has 0 spiro atoms. The summed E-state index contributed by atoms with van der Waals surface area (Å²) in [5.74, 6) is -1.45. The third-order valence-electron chi connectivity index (χ3n) is 4.61. The lowest BCUT2D eigenvalue weighted by molar-refractivity contribution is 0.251. The minimum Gasteiger partial charge on any atom is -0.338 e. The lowest BCUT2D eigenvalue weighted by Crippen LogP contribution is -2.31. The molecule has 0 saturated carbocycles. The third kappa shape index (κ3) is 7.96. The van der Waals surface area contributed by atoms with E-state index in [1.54, 1.807) is 24.3 Å². The van der Waals surface area contributed by atoms with Gasteiger partial charge in [-0.05, 0) is 63.0 Å². The molecule has 1 heterocycles. The molecule has 0 aliphatic carbocycles. The summed E-state index contributed by atoms with van der Waals surface area (Å²) in [5, 5.41) is 9.80. The lowest BCUT2D eigenvalue weighted by Gasteiger charge is -2.12. The molecule has 0 aliphatic heterocycles. The summed E-state index contributed by atoms with van der Waals surface area (Å²) in [5.41, 5.74) is 1.45. The highest BCUT2D eigenvalue weighted by atomic mass is 35.5. The first-order valence-corrected chi connectivity index (χ1v) is 10.1. The van der Waals surface area contributed by atoms with Gasteiger partial charge >= 0.3 is 6.03 Å². The molecule has 3 aromatic rings. The Kier molecular flexibility index (Phi) is 9.50. The monoisotopic (exact) mass is 477 g/mol. The Hall–Kier alpha value is -3.30. The highest BCUT2D eigenvalue weighted by Gasteiger charge is 2.09. The van der Waals surface area contributed by atoms with E-state index in [0.29, 0.717) is 12.2 Å². The summed E-state index contributed by atoms with van der Waals surface area (Å²) >= 11 is 0. The Morgan fingerprint density at radius 1 is 1.06 bits per heavy atom. The molecule has 0 fully saturated rings. The van der Waals surface area contributed by atoms with E-state index >= 15 is 0 Å². The zero-order chi connectivity index (χ0) is 23.1. The predicted molar refractivity (Wildman–Crippen MR) is 127 cm³/mol. The Morgan fingerprint density at radius 2 is 1.79 bits per heavy atom. The average Bonchev–Trinajstić information content (AvgIpc) is 2.72. The number of hydrogen-bond donors (Lipinski definition) is 2. The normalized spacial score (nSPS) is 10.6. The molecule has 2 N–H and O–H groups in total. The van der Waals surface area contributed by atoms with Crippen molar-refractivity contribution in [1.29, 1.82) is 0 Å². The molecule has 2 amide bonds. The number of hydrogen-bond acceptors (Lipinski definition) is 4. The fourth-order valence-corrected chi connectivity index (χ4v) is 3.11. The van der Waals surface area contributed by atoms with Crippen molar-refractivity contribution in [3.63, 3.8) is 0 Å². The van der Waals surface area contributed by atoms with Gasteiger partial charge in [-0.1, -0.05) is 12.1 Å². The second kappa shape index (κ2) is 12.1. The summed E-state index contributed by atoms with van der Waals surface area (Å²) in [6.45, 7) is 1.56. The van der Waals surface area contributed by atoms with Crippen LogP contribution in [0.2, 0.25) is 0 Å². The SMILES string of the molecule is CN(C)CCCNC(=O)Nc1cccc(Cn2nc(-c3cc(F)cc(F)c3)ccc2=O)c1.Cl. The topological polar surface area (TPSA) is 79.3 Å². The number of halogens is 3. The van der Waals surface area contributed by atoms with Crippen molar-refractivity contribution in [3.8, 4) is 11.3 Å². The molecule has 0 bridgehead atoms. The number of amides is 2. The summed E-state index contributed by atoms with van der Waals surface area (Å²) in [4.78, 5) is 26.4. The predicted octanol–water partition coefficient (Wildman–Crippen LogP) is 3.73. The van der Waals surface area contributed by atoms with Crippen molar-refractivity contribution in [2.75, 3.05) is 32.5 Å². The van der Waals surface area contributed by atoms with Gasteiger partial charge in [0, 0.05) is 29.9 Å². The van der Waals surface area contributed by atoms with Gasteiger partial charge in [-0.3, -0.25) is 4.79 Å². The molecular weight excluding hydrogens is 452 g/mol. The molecule has 0 radical (unpaired) electrons. The third-order valence-corrected chi connectivity index (χ3v) is 4.61. The van der Waals surface area contributed by atoms with Gasteiger partial charge in [0.1, 0.15) is 11.6 Å². The number of carbonyl (C=O) groups excluding carboxylic acids is 1. The number of anilines is 1. The number of nitrogens with zero attached hydrogens (tertiary/aromatic N) is 3. The molecule has 0 atom stereocenters. The van der Waals surface area contributed by atoms with Gasteiger partial charge in [-0.15, -0.1) is 12.4 Å². The van der Waals surface area contributed by atoms with E-state index in [9.17, 15) is 18.4 Å². The highest BCUT2D eigenvalue weighted by molar-refractivity contribution is 5.89. The maximum absolute atomic E-state index is 13.5. The first-order valence-electron chi connectivity index (χ1n) is 10.1. The van der Waals surface area contributed by atoms with Crippen LogP contribution in [0.25, 0.3) is 11.3 Å². The number of nitrogens with one attached hydrogen (secondary N) is 2. The van der Waals surface area contributed by atoms with Crippen LogP contribution in [0.5, 0.6) is 0 Å². The molecule has 3 rings (SSSR count). The number of urea groups is 1. The molecule has 7 nitrogen and oxygen atoms in total. The van der Waals surface area contributed by atoms with Crippen LogP contribution in [0.15, 0.2) is 59.4 Å². The van der Waals surface area contributed by atoms with Crippen molar-refractivity contribution in [1.82, 2.24) is 20.0 Å². The Bertz CT molecular complexity index is 1130. The fraction of sp³-hybridized carbons (Fsp3) is 0.261. The van der Waals surface area contributed by atoms with E-state index in [2.05, 4.69) is 15.7 Å². The van der Waals surface area contributed by atoms with Gasteiger partial charge in [0.2, 0.25) is 0 Å². The van der Waals surface area contributed by atoms with Crippen LogP contribution in [0.3, 0.4) is 0 Å². The first kappa shape index (κ1) is 26.0. The Labute approximate surface area is 196 Å². The summed E-state index contributed by atoms with van der Waals surface area (Å²) in [6, 6.07) is 12.5. The molecule has 0 aliphatic rings. The number of benzene rings is 2. The van der Waals surface area contributed by atoms with Crippen LogP contribution in [-0.2, 0) is 6.54 Å². The van der Waals surface area contributed by atoms with Crippen molar-refractivity contribution in [3.05, 3.63) is 82.1 Å². The van der Waals surface area contributed by atoms with Crippen LogP contribution in [-0.4, -0.2) is 47.9 Å². The van der Waals surface area contributed by atoms with Crippen LogP contribution in [0, 0.1) is 11.6 Å². The van der Waals surface area contributed by atoms with Gasteiger partial charge in [0.25, 0.3) is 5.56 Å². The Morgan fingerprint density at radius 3 is 2.48 bits per heavy atom. The second-order valence-corrected chi connectivity index (χ2v) is 7.61. The van der Waals surface area contributed by atoms with E-state index < -0.39 is 11.6 Å². The van der Waals surface area contributed by atoms with Crippen molar-refractivity contribution < 1.29 is 13.6 Å². The van der Waals surface area contributed by atoms with Crippen LogP contribution in [0.1, 0.15) is 12.0 Å². The maximum Gasteiger partial charge on any atom is 0.319 e. The number of aromatic nitrogens is 2. The molecule has 10 heteroatoms. The number of rotatable bonds is 8.